The fourth-order valence-electron chi connectivity index (χ4n) is 2.94. The quantitative estimate of drug-likeness (QED) is 0.395. The third kappa shape index (κ3) is 5.97. The number of benzene rings is 2. The molecule has 1 aliphatic carbocycles. The zero-order chi connectivity index (χ0) is 22.2. The molecule has 0 aliphatic heterocycles. The number of ether oxygens (including phenoxy) is 2. The number of Topliss-reactive ketones (excluding diaryl/α,β-unsaturated/α-hetero) is 1. The molecule has 0 bridgehead atoms. The third-order valence-corrected chi connectivity index (χ3v) is 4.71. The molecule has 1 saturated carbocycles. The van der Waals surface area contributed by atoms with E-state index in [0.29, 0.717) is 30.0 Å². The van der Waals surface area contributed by atoms with E-state index >= 15 is 0 Å². The van der Waals surface area contributed by atoms with Gasteiger partial charge in [-0.25, -0.2) is 4.39 Å². The summed E-state index contributed by atoms with van der Waals surface area (Å²) >= 11 is 0. The van der Waals surface area contributed by atoms with Gasteiger partial charge in [0.1, 0.15) is 23.4 Å². The Morgan fingerprint density at radius 3 is 2.55 bits per heavy atom. The van der Waals surface area contributed by atoms with Crippen molar-refractivity contribution in [2.75, 3.05) is 7.11 Å². The van der Waals surface area contributed by atoms with Gasteiger partial charge < -0.3 is 9.47 Å². The Morgan fingerprint density at radius 2 is 1.97 bits per heavy atom. The maximum absolute atomic E-state index is 13.4. The van der Waals surface area contributed by atoms with Crippen LogP contribution in [0.15, 0.2) is 54.7 Å². The molecule has 3 aromatic rings. The molecule has 7 nitrogen and oxygen atoms in total. The van der Waals surface area contributed by atoms with Gasteiger partial charge in [-0.15, -0.1) is 5.10 Å². The molecule has 0 spiro atoms. The molecule has 1 aliphatic rings. The molecule has 2 aromatic carbocycles. The Bertz CT molecular complexity index is 1020. The molecule has 1 atom stereocenters. The van der Waals surface area contributed by atoms with Crippen LogP contribution < -0.4 is 4.74 Å². The van der Waals surface area contributed by atoms with E-state index in [-0.39, 0.29) is 23.6 Å². The number of ketones is 1. The molecule has 0 saturated heterocycles. The number of methoxy groups -OCH3 is 1. The molecular formula is C23H24FN3O4. The van der Waals surface area contributed by atoms with Crippen molar-refractivity contribution < 1.29 is 23.5 Å². The summed E-state index contributed by atoms with van der Waals surface area (Å²) in [4.78, 5) is 22.4. The summed E-state index contributed by atoms with van der Waals surface area (Å²) in [7, 11) is 1.31. The molecule has 31 heavy (non-hydrogen) atoms. The monoisotopic (exact) mass is 425 g/mol. The lowest BCUT2D eigenvalue weighted by molar-refractivity contribution is -0.126. The number of carbonyl (C=O) groups is 2. The first kappa shape index (κ1) is 22.1. The van der Waals surface area contributed by atoms with Gasteiger partial charge in [0.15, 0.2) is 5.78 Å². The van der Waals surface area contributed by atoms with Crippen LogP contribution in [0, 0.1) is 11.7 Å². The van der Waals surface area contributed by atoms with Crippen molar-refractivity contribution >= 4 is 12.3 Å². The SMILES string of the molecule is CCC(Oc1ccc(C(=O)C2CC2)cc1)c1cnn(-c2cccc(F)c2)n1.COC=O. The predicted molar refractivity (Wildman–Crippen MR) is 112 cm³/mol. The molecule has 1 heterocycles. The zero-order valence-electron chi connectivity index (χ0n) is 17.4. The molecule has 0 N–H and O–H groups in total. The van der Waals surface area contributed by atoms with Crippen LogP contribution in [0.3, 0.4) is 0 Å². The van der Waals surface area contributed by atoms with Gasteiger partial charge >= 0.3 is 0 Å². The van der Waals surface area contributed by atoms with E-state index in [9.17, 15) is 9.18 Å². The van der Waals surface area contributed by atoms with Crippen molar-refractivity contribution in [1.82, 2.24) is 15.0 Å². The minimum atomic E-state index is -0.338. The van der Waals surface area contributed by atoms with Gasteiger partial charge in [0, 0.05) is 17.5 Å². The van der Waals surface area contributed by atoms with E-state index < -0.39 is 0 Å². The van der Waals surface area contributed by atoms with Gasteiger partial charge in [-0.1, -0.05) is 13.0 Å². The summed E-state index contributed by atoms with van der Waals surface area (Å²) in [5, 5.41) is 8.64. The minimum Gasteiger partial charge on any atom is -0.484 e. The molecule has 1 aromatic heterocycles. The normalized spacial score (nSPS) is 13.5. The number of hydrogen-bond acceptors (Lipinski definition) is 6. The molecule has 8 heteroatoms. The van der Waals surface area contributed by atoms with Gasteiger partial charge in [0.05, 0.1) is 19.0 Å². The molecule has 1 fully saturated rings. The van der Waals surface area contributed by atoms with E-state index in [1.165, 1.54) is 24.0 Å². The number of rotatable bonds is 8. The van der Waals surface area contributed by atoms with Crippen LogP contribution in [-0.4, -0.2) is 34.4 Å². The highest BCUT2D eigenvalue weighted by molar-refractivity contribution is 5.99. The average Bonchev–Trinajstić information content (AvgIpc) is 3.54. The highest BCUT2D eigenvalue weighted by atomic mass is 19.1. The number of aromatic nitrogens is 3. The molecular weight excluding hydrogens is 401 g/mol. The fourth-order valence-corrected chi connectivity index (χ4v) is 2.94. The maximum atomic E-state index is 13.4. The Labute approximate surface area is 179 Å². The average molecular weight is 425 g/mol. The van der Waals surface area contributed by atoms with Crippen LogP contribution in [0.5, 0.6) is 5.75 Å². The first-order valence-corrected chi connectivity index (χ1v) is 10.0. The van der Waals surface area contributed by atoms with Crippen LogP contribution in [0.1, 0.15) is 48.3 Å². The largest absolute Gasteiger partial charge is 0.484 e. The summed E-state index contributed by atoms with van der Waals surface area (Å²) in [6, 6.07) is 13.4. The highest BCUT2D eigenvalue weighted by Crippen LogP contribution is 2.33. The standard InChI is InChI=1S/C21H20FN3O2.C2H4O2/c1-2-20(19-13-23-25(24-19)17-5-3-4-16(22)12-17)27-18-10-8-15(9-11-18)21(26)14-6-7-14;1-4-2-3/h3-5,8-14,20H,2,6-7H2,1H3;2H,1H3. The Kier molecular flexibility index (Phi) is 7.48. The predicted octanol–water partition coefficient (Wildman–Crippen LogP) is 4.32. The van der Waals surface area contributed by atoms with Crippen LogP contribution >= 0.6 is 0 Å². The lowest BCUT2D eigenvalue weighted by Crippen LogP contribution is -2.09. The van der Waals surface area contributed by atoms with Gasteiger partial charge in [-0.3, -0.25) is 9.59 Å². The van der Waals surface area contributed by atoms with E-state index in [1.807, 2.05) is 31.2 Å². The number of nitrogens with zero attached hydrogens (tertiary/aromatic N) is 3. The molecule has 4 rings (SSSR count). The van der Waals surface area contributed by atoms with Crippen LogP contribution in [-0.2, 0) is 9.53 Å². The number of hydrogen-bond donors (Lipinski definition) is 0. The second-order valence-electron chi connectivity index (χ2n) is 7.05. The topological polar surface area (TPSA) is 83.3 Å². The van der Waals surface area contributed by atoms with Crippen molar-refractivity contribution in [1.29, 1.82) is 0 Å². The second-order valence-corrected chi connectivity index (χ2v) is 7.05. The fraction of sp³-hybridized carbons (Fsp3) is 0.304. The molecule has 162 valence electrons. The summed E-state index contributed by atoms with van der Waals surface area (Å²) in [6.45, 7) is 2.37. The van der Waals surface area contributed by atoms with Crippen LogP contribution in [0.2, 0.25) is 0 Å². The zero-order valence-corrected chi connectivity index (χ0v) is 17.4. The number of halogens is 1. The molecule has 0 amide bonds. The van der Waals surface area contributed by atoms with Gasteiger partial charge in [-0.05, 0) is 55.7 Å². The maximum Gasteiger partial charge on any atom is 0.292 e. The smallest absolute Gasteiger partial charge is 0.292 e. The van der Waals surface area contributed by atoms with Gasteiger partial charge in [0.2, 0.25) is 0 Å². The van der Waals surface area contributed by atoms with Crippen molar-refractivity contribution in [3.63, 3.8) is 0 Å². The van der Waals surface area contributed by atoms with E-state index in [1.54, 1.807) is 18.3 Å². The van der Waals surface area contributed by atoms with Crippen molar-refractivity contribution in [3.8, 4) is 11.4 Å². The van der Waals surface area contributed by atoms with Crippen LogP contribution in [0.4, 0.5) is 4.39 Å². The van der Waals surface area contributed by atoms with Crippen molar-refractivity contribution in [3.05, 3.63) is 71.8 Å². The van der Waals surface area contributed by atoms with Crippen LogP contribution in [0.25, 0.3) is 5.69 Å². The lowest BCUT2D eigenvalue weighted by Gasteiger charge is -2.15. The Morgan fingerprint density at radius 1 is 1.26 bits per heavy atom. The summed E-state index contributed by atoms with van der Waals surface area (Å²) in [5.41, 5.74) is 1.95. The van der Waals surface area contributed by atoms with Gasteiger partial charge in [-0.2, -0.15) is 9.90 Å². The minimum absolute atomic E-state index is 0.207. The third-order valence-electron chi connectivity index (χ3n) is 4.71. The lowest BCUT2D eigenvalue weighted by atomic mass is 10.1. The first-order chi connectivity index (χ1) is 15.0. The highest BCUT2D eigenvalue weighted by Gasteiger charge is 2.30. The second kappa shape index (κ2) is 10.5. The van der Waals surface area contributed by atoms with E-state index in [4.69, 9.17) is 9.53 Å². The molecule has 0 radical (unpaired) electrons. The van der Waals surface area contributed by atoms with Crippen molar-refractivity contribution in [2.45, 2.75) is 32.3 Å². The Hall–Kier alpha value is -3.55. The summed E-state index contributed by atoms with van der Waals surface area (Å²) in [5.74, 6) is 0.759. The summed E-state index contributed by atoms with van der Waals surface area (Å²) in [6.07, 6.45) is 4.04. The Balaban J connectivity index is 0.000000628. The number of carbonyl (C=O) groups excluding carboxylic acids is 2. The van der Waals surface area contributed by atoms with Gasteiger partial charge in [0.25, 0.3) is 6.47 Å². The summed E-state index contributed by atoms with van der Waals surface area (Å²) < 4.78 is 23.3. The van der Waals surface area contributed by atoms with E-state index in [2.05, 4.69) is 14.9 Å². The molecule has 1 unspecified atom stereocenters. The first-order valence-electron chi connectivity index (χ1n) is 10.0. The van der Waals surface area contributed by atoms with E-state index in [0.717, 1.165) is 18.4 Å². The van der Waals surface area contributed by atoms with Crippen molar-refractivity contribution in [2.24, 2.45) is 5.92 Å².